The van der Waals surface area contributed by atoms with Crippen LogP contribution in [0.1, 0.15) is 5.56 Å². The van der Waals surface area contributed by atoms with Crippen molar-refractivity contribution < 1.29 is 0 Å². The van der Waals surface area contributed by atoms with Crippen LogP contribution in [-0.4, -0.2) is 4.98 Å². The van der Waals surface area contributed by atoms with Crippen LogP contribution in [0.5, 0.6) is 0 Å². The molecule has 7 aromatic rings. The van der Waals surface area contributed by atoms with E-state index in [0.717, 1.165) is 11.1 Å². The first-order valence-corrected chi connectivity index (χ1v) is 13.0. The SMILES string of the molecule is N#Cc1cncc(-c2ccc(-c3cc4sc5cc(-c6ccccc6)ccc5c4c4ccccc34)cc2)c1. The van der Waals surface area contributed by atoms with E-state index >= 15 is 0 Å². The minimum atomic E-state index is 0.568. The predicted octanol–water partition coefficient (Wildman–Crippen LogP) is 9.48. The summed E-state index contributed by atoms with van der Waals surface area (Å²) in [6.45, 7) is 0. The molecule has 0 aliphatic heterocycles. The Kier molecular flexibility index (Phi) is 5.06. The van der Waals surface area contributed by atoms with Crippen molar-refractivity contribution >= 4 is 42.3 Å². The normalized spacial score (nSPS) is 11.2. The van der Waals surface area contributed by atoms with Crippen LogP contribution in [0.2, 0.25) is 0 Å². The Morgan fingerprint density at radius 3 is 2.05 bits per heavy atom. The Bertz CT molecular complexity index is 1980. The van der Waals surface area contributed by atoms with Crippen LogP contribution in [0.4, 0.5) is 0 Å². The Balaban J connectivity index is 1.39. The van der Waals surface area contributed by atoms with Gasteiger partial charge in [-0.3, -0.25) is 4.98 Å². The van der Waals surface area contributed by atoms with E-state index in [1.807, 2.05) is 17.4 Å². The summed E-state index contributed by atoms with van der Waals surface area (Å²) >= 11 is 1.86. The minimum Gasteiger partial charge on any atom is -0.263 e. The van der Waals surface area contributed by atoms with E-state index in [4.69, 9.17) is 0 Å². The maximum absolute atomic E-state index is 9.23. The first-order valence-electron chi connectivity index (χ1n) is 12.2. The molecule has 0 spiro atoms. The standard InChI is InChI=1S/C34H20N2S/c35-19-22-16-27(21-36-20-22)24-10-12-25(13-11-24)31-18-33-34(29-9-5-4-8-28(29)31)30-15-14-26(17-32(30)37-33)23-6-2-1-3-7-23/h1-18,20-21H. The summed E-state index contributed by atoms with van der Waals surface area (Å²) < 4.78 is 2.60. The van der Waals surface area contributed by atoms with Gasteiger partial charge in [-0.25, -0.2) is 0 Å². The molecule has 0 N–H and O–H groups in total. The van der Waals surface area contributed by atoms with Crippen LogP contribution in [0, 0.1) is 11.3 Å². The summed E-state index contributed by atoms with van der Waals surface area (Å²) in [6.07, 6.45) is 3.39. The zero-order chi connectivity index (χ0) is 24.8. The Hall–Kier alpha value is -4.78. The molecule has 0 radical (unpaired) electrons. The molecule has 2 aromatic heterocycles. The van der Waals surface area contributed by atoms with E-state index < -0.39 is 0 Å². The van der Waals surface area contributed by atoms with Gasteiger partial charge in [-0.15, -0.1) is 11.3 Å². The van der Waals surface area contributed by atoms with E-state index in [1.54, 1.807) is 12.4 Å². The Labute approximate surface area is 218 Å². The lowest BCUT2D eigenvalue weighted by atomic mass is 9.93. The predicted molar refractivity (Wildman–Crippen MR) is 156 cm³/mol. The highest BCUT2D eigenvalue weighted by Gasteiger charge is 2.14. The van der Waals surface area contributed by atoms with Gasteiger partial charge < -0.3 is 0 Å². The summed E-state index contributed by atoms with van der Waals surface area (Å²) in [6, 6.07) is 41.1. The molecule has 37 heavy (non-hydrogen) atoms. The van der Waals surface area contributed by atoms with Gasteiger partial charge in [0.2, 0.25) is 0 Å². The van der Waals surface area contributed by atoms with Crippen molar-refractivity contribution in [2.45, 2.75) is 0 Å². The third kappa shape index (κ3) is 3.67. The summed E-state index contributed by atoms with van der Waals surface area (Å²) in [4.78, 5) is 4.21. The third-order valence-electron chi connectivity index (χ3n) is 6.98. The van der Waals surface area contributed by atoms with E-state index in [9.17, 15) is 5.26 Å². The summed E-state index contributed by atoms with van der Waals surface area (Å²) in [5.41, 5.74) is 7.46. The average molecular weight is 489 g/mol. The second-order valence-corrected chi connectivity index (χ2v) is 10.3. The molecule has 0 amide bonds. The fourth-order valence-electron chi connectivity index (χ4n) is 5.19. The second kappa shape index (κ2) is 8.71. The molecule has 3 heteroatoms. The third-order valence-corrected chi connectivity index (χ3v) is 8.08. The van der Waals surface area contributed by atoms with Crippen molar-refractivity contribution in [1.82, 2.24) is 4.98 Å². The molecule has 0 saturated heterocycles. The zero-order valence-electron chi connectivity index (χ0n) is 19.8. The summed E-state index contributed by atoms with van der Waals surface area (Å²) in [5.74, 6) is 0. The molecule has 7 rings (SSSR count). The van der Waals surface area contributed by atoms with Crippen molar-refractivity contribution in [2.75, 3.05) is 0 Å². The molecular weight excluding hydrogens is 468 g/mol. The monoisotopic (exact) mass is 488 g/mol. The number of rotatable bonds is 3. The summed E-state index contributed by atoms with van der Waals surface area (Å²) in [5, 5.41) is 14.4. The second-order valence-electron chi connectivity index (χ2n) is 9.17. The number of hydrogen-bond donors (Lipinski definition) is 0. The molecule has 0 bridgehead atoms. The number of nitrogens with zero attached hydrogens (tertiary/aromatic N) is 2. The molecule has 0 atom stereocenters. The fraction of sp³-hybridized carbons (Fsp3) is 0. The lowest BCUT2D eigenvalue weighted by Gasteiger charge is -2.10. The number of thiophene rings is 1. The molecule has 0 fully saturated rings. The Morgan fingerprint density at radius 1 is 0.541 bits per heavy atom. The molecule has 2 nitrogen and oxygen atoms in total. The van der Waals surface area contributed by atoms with E-state index in [0.29, 0.717) is 5.56 Å². The number of pyridine rings is 1. The lowest BCUT2D eigenvalue weighted by Crippen LogP contribution is -1.85. The molecular formula is C34H20N2S. The molecule has 172 valence electrons. The molecule has 0 saturated carbocycles. The number of fused-ring (bicyclic) bond motifs is 5. The summed E-state index contributed by atoms with van der Waals surface area (Å²) in [7, 11) is 0. The van der Waals surface area contributed by atoms with Crippen molar-refractivity contribution in [3.05, 3.63) is 127 Å². The molecule has 0 aliphatic rings. The fourth-order valence-corrected chi connectivity index (χ4v) is 6.39. The van der Waals surface area contributed by atoms with Crippen LogP contribution >= 0.6 is 11.3 Å². The maximum atomic E-state index is 9.23. The molecule has 2 heterocycles. The highest BCUT2D eigenvalue weighted by Crippen LogP contribution is 2.43. The lowest BCUT2D eigenvalue weighted by molar-refractivity contribution is 1.30. The average Bonchev–Trinajstić information content (AvgIpc) is 3.35. The van der Waals surface area contributed by atoms with Gasteiger partial charge in [-0.2, -0.15) is 5.26 Å². The van der Waals surface area contributed by atoms with Gasteiger partial charge in [0, 0.05) is 38.1 Å². The minimum absolute atomic E-state index is 0.568. The Morgan fingerprint density at radius 2 is 1.24 bits per heavy atom. The number of benzene rings is 5. The molecule has 0 aliphatic carbocycles. The van der Waals surface area contributed by atoms with Crippen molar-refractivity contribution in [2.24, 2.45) is 0 Å². The zero-order valence-corrected chi connectivity index (χ0v) is 20.7. The number of nitriles is 1. The largest absolute Gasteiger partial charge is 0.263 e. The van der Waals surface area contributed by atoms with Gasteiger partial charge in [0.05, 0.1) is 5.56 Å². The van der Waals surface area contributed by atoms with Crippen molar-refractivity contribution in [3.8, 4) is 39.4 Å². The van der Waals surface area contributed by atoms with E-state index in [1.165, 1.54) is 53.2 Å². The van der Waals surface area contributed by atoms with Gasteiger partial charge in [0.15, 0.2) is 0 Å². The molecule has 5 aromatic carbocycles. The first kappa shape index (κ1) is 21.5. The van der Waals surface area contributed by atoms with Crippen LogP contribution in [0.3, 0.4) is 0 Å². The number of aromatic nitrogens is 1. The van der Waals surface area contributed by atoms with Crippen LogP contribution < -0.4 is 0 Å². The highest BCUT2D eigenvalue weighted by atomic mass is 32.1. The quantitative estimate of drug-likeness (QED) is 0.248. The van der Waals surface area contributed by atoms with Gasteiger partial charge in [0.1, 0.15) is 6.07 Å². The van der Waals surface area contributed by atoms with Crippen molar-refractivity contribution in [3.63, 3.8) is 0 Å². The maximum Gasteiger partial charge on any atom is 0.101 e. The molecule has 0 unspecified atom stereocenters. The van der Waals surface area contributed by atoms with Gasteiger partial charge >= 0.3 is 0 Å². The van der Waals surface area contributed by atoms with Crippen molar-refractivity contribution in [1.29, 1.82) is 5.26 Å². The van der Waals surface area contributed by atoms with E-state index in [2.05, 4.69) is 114 Å². The van der Waals surface area contributed by atoms with Gasteiger partial charge in [-0.1, -0.05) is 91.0 Å². The number of hydrogen-bond acceptors (Lipinski definition) is 3. The van der Waals surface area contributed by atoms with Crippen LogP contribution in [0.15, 0.2) is 122 Å². The van der Waals surface area contributed by atoms with Crippen LogP contribution in [0.25, 0.3) is 64.3 Å². The van der Waals surface area contributed by atoms with Gasteiger partial charge in [0.25, 0.3) is 0 Å². The smallest absolute Gasteiger partial charge is 0.101 e. The van der Waals surface area contributed by atoms with Gasteiger partial charge in [-0.05, 0) is 56.8 Å². The first-order chi connectivity index (χ1) is 18.3. The topological polar surface area (TPSA) is 36.7 Å². The van der Waals surface area contributed by atoms with Crippen LogP contribution in [-0.2, 0) is 0 Å². The highest BCUT2D eigenvalue weighted by molar-refractivity contribution is 7.26. The van der Waals surface area contributed by atoms with E-state index in [-0.39, 0.29) is 0 Å².